The van der Waals surface area contributed by atoms with Crippen molar-refractivity contribution >= 4 is 6.29 Å². The maximum absolute atomic E-state index is 11.1. The van der Waals surface area contributed by atoms with E-state index in [9.17, 15) is 4.79 Å². The van der Waals surface area contributed by atoms with E-state index in [2.05, 4.69) is 12.2 Å². The van der Waals surface area contributed by atoms with Crippen LogP contribution in [0.5, 0.6) is 0 Å². The van der Waals surface area contributed by atoms with Crippen LogP contribution in [0.2, 0.25) is 0 Å². The third-order valence-electron chi connectivity index (χ3n) is 3.23. The molecule has 2 atom stereocenters. The van der Waals surface area contributed by atoms with Crippen molar-refractivity contribution in [3.8, 4) is 0 Å². The molecule has 0 aromatic carbocycles. The Morgan fingerprint density at radius 1 is 1.31 bits per heavy atom. The summed E-state index contributed by atoms with van der Waals surface area (Å²) in [6, 6.07) is 0. The summed E-state index contributed by atoms with van der Waals surface area (Å²) in [5, 5.41) is 0. The zero-order valence-corrected chi connectivity index (χ0v) is 9.81. The average Bonchev–Trinajstić information content (AvgIpc) is 2.88. The number of allylic oxidation sites excluding steroid dienone is 3. The predicted molar refractivity (Wildman–Crippen MR) is 60.9 cm³/mol. The molecule has 2 unspecified atom stereocenters. The highest BCUT2D eigenvalue weighted by atomic mass is 16.7. The van der Waals surface area contributed by atoms with E-state index in [0.29, 0.717) is 25.0 Å². The van der Waals surface area contributed by atoms with E-state index in [1.165, 1.54) is 0 Å². The fraction of sp³-hybridized carbons (Fsp3) is 0.615. The van der Waals surface area contributed by atoms with Crippen molar-refractivity contribution in [2.75, 3.05) is 13.2 Å². The molecule has 0 aromatic rings. The highest BCUT2D eigenvalue weighted by Gasteiger charge is 2.39. The second kappa shape index (κ2) is 4.93. The van der Waals surface area contributed by atoms with E-state index in [-0.39, 0.29) is 6.29 Å². The van der Waals surface area contributed by atoms with Gasteiger partial charge in [0.05, 0.1) is 0 Å². The molecule has 0 saturated carbocycles. The van der Waals surface area contributed by atoms with Crippen molar-refractivity contribution in [2.24, 2.45) is 11.8 Å². The Morgan fingerprint density at radius 3 is 2.50 bits per heavy atom. The maximum atomic E-state index is 11.1. The monoisotopic (exact) mass is 222 g/mol. The first-order valence-corrected chi connectivity index (χ1v) is 5.92. The summed E-state index contributed by atoms with van der Waals surface area (Å²) in [5.41, 5.74) is 1.92. The topological polar surface area (TPSA) is 35.5 Å². The number of carbonyl (C=O) groups excluding carboxylic acids is 1. The number of hydrogen-bond acceptors (Lipinski definition) is 3. The van der Waals surface area contributed by atoms with Crippen LogP contribution in [0, 0.1) is 11.8 Å². The number of fused-ring (bicyclic) bond motifs is 2. The minimum Gasteiger partial charge on any atom is -0.349 e. The standard InChI is InChI=1S/C13H18O3/c1-3-15-13(16-4-2)12-10-6-5-9(7-10)11(12)8-14/h5-6,8-10,13H,3-4,7H2,1-2H3. The third kappa shape index (κ3) is 1.85. The zero-order valence-electron chi connectivity index (χ0n) is 9.81. The van der Waals surface area contributed by atoms with Gasteiger partial charge < -0.3 is 9.47 Å². The molecule has 2 aliphatic carbocycles. The fourth-order valence-electron chi connectivity index (χ4n) is 2.59. The third-order valence-corrected chi connectivity index (χ3v) is 3.23. The molecule has 0 radical (unpaired) electrons. The second-order valence-corrected chi connectivity index (χ2v) is 4.10. The van der Waals surface area contributed by atoms with Gasteiger partial charge in [-0.2, -0.15) is 0 Å². The normalized spacial score (nSPS) is 27.2. The van der Waals surface area contributed by atoms with Gasteiger partial charge in [-0.3, -0.25) is 4.79 Å². The lowest BCUT2D eigenvalue weighted by molar-refractivity contribution is -0.116. The molecule has 0 aromatic heterocycles. The van der Waals surface area contributed by atoms with Crippen LogP contribution in [-0.4, -0.2) is 25.8 Å². The van der Waals surface area contributed by atoms with Gasteiger partial charge in [0.25, 0.3) is 0 Å². The van der Waals surface area contributed by atoms with Crippen LogP contribution in [-0.2, 0) is 14.3 Å². The van der Waals surface area contributed by atoms with Gasteiger partial charge in [0, 0.05) is 30.6 Å². The number of aldehydes is 1. The molecule has 0 N–H and O–H groups in total. The molecule has 0 heterocycles. The molecule has 88 valence electrons. The Bertz CT molecular complexity index is 324. The molecule has 0 spiro atoms. The lowest BCUT2D eigenvalue weighted by Gasteiger charge is -2.23. The van der Waals surface area contributed by atoms with E-state index in [4.69, 9.17) is 9.47 Å². The Hall–Kier alpha value is -0.930. The summed E-state index contributed by atoms with van der Waals surface area (Å²) in [5.74, 6) is 0.634. The quantitative estimate of drug-likeness (QED) is 0.392. The fourth-order valence-corrected chi connectivity index (χ4v) is 2.59. The van der Waals surface area contributed by atoms with Gasteiger partial charge >= 0.3 is 0 Å². The van der Waals surface area contributed by atoms with E-state index < -0.39 is 0 Å². The van der Waals surface area contributed by atoms with Crippen molar-refractivity contribution in [2.45, 2.75) is 26.6 Å². The average molecular weight is 222 g/mol. The Morgan fingerprint density at radius 2 is 1.94 bits per heavy atom. The number of rotatable bonds is 6. The molecule has 2 aliphatic rings. The summed E-state index contributed by atoms with van der Waals surface area (Å²) < 4.78 is 11.2. The van der Waals surface area contributed by atoms with Crippen LogP contribution in [0.15, 0.2) is 23.3 Å². The molecule has 16 heavy (non-hydrogen) atoms. The van der Waals surface area contributed by atoms with E-state index in [0.717, 1.165) is 23.9 Å². The molecule has 3 nitrogen and oxygen atoms in total. The minimum atomic E-state index is -0.338. The molecule has 0 saturated heterocycles. The van der Waals surface area contributed by atoms with Crippen molar-refractivity contribution in [3.05, 3.63) is 23.3 Å². The van der Waals surface area contributed by atoms with E-state index >= 15 is 0 Å². The van der Waals surface area contributed by atoms with Gasteiger partial charge in [0.1, 0.15) is 6.29 Å². The van der Waals surface area contributed by atoms with Crippen LogP contribution in [0.25, 0.3) is 0 Å². The summed E-state index contributed by atoms with van der Waals surface area (Å²) in [6.07, 6.45) is 5.93. The SMILES string of the molecule is CCOC(OCC)C1=C(C=O)C2C=CC1C2. The zero-order chi connectivity index (χ0) is 11.5. The molecule has 3 heteroatoms. The molecule has 0 aliphatic heterocycles. The van der Waals surface area contributed by atoms with Crippen LogP contribution >= 0.6 is 0 Å². The van der Waals surface area contributed by atoms with Crippen LogP contribution < -0.4 is 0 Å². The minimum absolute atomic E-state index is 0.293. The van der Waals surface area contributed by atoms with Crippen molar-refractivity contribution in [3.63, 3.8) is 0 Å². The molecule has 0 fully saturated rings. The first-order valence-electron chi connectivity index (χ1n) is 5.92. The van der Waals surface area contributed by atoms with E-state index in [1.807, 2.05) is 13.8 Å². The molecule has 0 amide bonds. The van der Waals surface area contributed by atoms with Gasteiger partial charge in [-0.05, 0) is 25.8 Å². The summed E-state index contributed by atoms with van der Waals surface area (Å²) in [6.45, 7) is 5.08. The lowest BCUT2D eigenvalue weighted by atomic mass is 9.97. The highest BCUT2D eigenvalue weighted by molar-refractivity contribution is 5.79. The predicted octanol–water partition coefficient (Wildman–Crippen LogP) is 2.09. The maximum Gasteiger partial charge on any atom is 0.180 e. The van der Waals surface area contributed by atoms with Crippen LogP contribution in [0.4, 0.5) is 0 Å². The Labute approximate surface area is 96.1 Å². The van der Waals surface area contributed by atoms with Crippen molar-refractivity contribution < 1.29 is 14.3 Å². The number of ether oxygens (including phenoxy) is 2. The lowest BCUT2D eigenvalue weighted by Crippen LogP contribution is -2.24. The van der Waals surface area contributed by atoms with Crippen molar-refractivity contribution in [1.29, 1.82) is 0 Å². The Kier molecular flexibility index (Phi) is 3.56. The first kappa shape index (κ1) is 11.6. The second-order valence-electron chi connectivity index (χ2n) is 4.10. The smallest absolute Gasteiger partial charge is 0.180 e. The van der Waals surface area contributed by atoms with Gasteiger partial charge in [0.2, 0.25) is 0 Å². The van der Waals surface area contributed by atoms with Gasteiger partial charge in [-0.15, -0.1) is 0 Å². The largest absolute Gasteiger partial charge is 0.349 e. The van der Waals surface area contributed by atoms with Crippen LogP contribution in [0.1, 0.15) is 20.3 Å². The van der Waals surface area contributed by atoms with E-state index in [1.54, 1.807) is 0 Å². The molecule has 2 rings (SSSR count). The van der Waals surface area contributed by atoms with Crippen LogP contribution in [0.3, 0.4) is 0 Å². The van der Waals surface area contributed by atoms with Crippen molar-refractivity contribution in [1.82, 2.24) is 0 Å². The first-order chi connectivity index (χ1) is 7.81. The highest BCUT2D eigenvalue weighted by Crippen LogP contribution is 2.45. The Balaban J connectivity index is 2.22. The van der Waals surface area contributed by atoms with Gasteiger partial charge in [0.15, 0.2) is 6.29 Å². The number of carbonyl (C=O) groups is 1. The summed E-state index contributed by atoms with van der Waals surface area (Å²) in [7, 11) is 0. The molecule has 2 bridgehead atoms. The van der Waals surface area contributed by atoms with Gasteiger partial charge in [-0.1, -0.05) is 12.2 Å². The number of hydrogen-bond donors (Lipinski definition) is 0. The summed E-state index contributed by atoms with van der Waals surface area (Å²) >= 11 is 0. The van der Waals surface area contributed by atoms with Gasteiger partial charge in [-0.25, -0.2) is 0 Å². The molecular weight excluding hydrogens is 204 g/mol. The summed E-state index contributed by atoms with van der Waals surface area (Å²) in [4.78, 5) is 11.1. The molecular formula is C13H18O3.